The topological polar surface area (TPSA) is 75.4 Å². The summed E-state index contributed by atoms with van der Waals surface area (Å²) in [7, 11) is 0. The highest BCUT2D eigenvalue weighted by molar-refractivity contribution is 5.93. The number of fused-ring (bicyclic) bond motifs is 1. The van der Waals surface area contributed by atoms with Gasteiger partial charge in [-0.2, -0.15) is 0 Å². The highest BCUT2D eigenvalue weighted by Gasteiger charge is 2.15. The van der Waals surface area contributed by atoms with Crippen molar-refractivity contribution in [2.75, 3.05) is 0 Å². The van der Waals surface area contributed by atoms with Gasteiger partial charge < -0.3 is 14.8 Å². The van der Waals surface area contributed by atoms with Crippen LogP contribution in [0.15, 0.2) is 77.4 Å². The number of benzene rings is 3. The fourth-order valence-electron chi connectivity index (χ4n) is 2.87. The summed E-state index contributed by atoms with van der Waals surface area (Å²) in [5.41, 5.74) is 1.64. The molecule has 1 heterocycles. The first-order valence-electron chi connectivity index (χ1n) is 8.21. The second-order valence-corrected chi connectivity index (χ2v) is 5.88. The molecule has 0 saturated carbocycles. The van der Waals surface area contributed by atoms with Crippen LogP contribution in [-0.2, 0) is 6.54 Å². The third-order valence-electron chi connectivity index (χ3n) is 4.19. The van der Waals surface area contributed by atoms with Gasteiger partial charge in [0.2, 0.25) is 5.89 Å². The number of amides is 1. The normalized spacial score (nSPS) is 10.8. The van der Waals surface area contributed by atoms with Gasteiger partial charge in [-0.3, -0.25) is 4.79 Å². The molecule has 0 aliphatic heterocycles. The molecule has 2 N–H and O–H groups in total. The first kappa shape index (κ1) is 15.9. The van der Waals surface area contributed by atoms with E-state index in [1.807, 2.05) is 42.5 Å². The van der Waals surface area contributed by atoms with Gasteiger partial charge in [0.05, 0.1) is 5.56 Å². The van der Waals surface area contributed by atoms with Crippen LogP contribution in [0.25, 0.3) is 22.2 Å². The van der Waals surface area contributed by atoms with E-state index >= 15 is 0 Å². The Labute approximate surface area is 149 Å². The van der Waals surface area contributed by atoms with Crippen LogP contribution in [0.5, 0.6) is 5.75 Å². The number of oxazole rings is 1. The number of carbonyl (C=O) groups excluding carboxylic acids is 1. The molecule has 1 amide bonds. The van der Waals surface area contributed by atoms with Crippen molar-refractivity contribution < 1.29 is 14.3 Å². The Balaban J connectivity index is 1.51. The minimum Gasteiger partial charge on any atom is -0.507 e. The number of para-hydroxylation sites is 1. The molecule has 0 atom stereocenters. The van der Waals surface area contributed by atoms with E-state index in [0.29, 0.717) is 12.1 Å². The highest BCUT2D eigenvalue weighted by Crippen LogP contribution is 2.27. The van der Waals surface area contributed by atoms with E-state index in [1.54, 1.807) is 24.3 Å². The minimum absolute atomic E-state index is 0.0528. The molecule has 5 nitrogen and oxygen atoms in total. The van der Waals surface area contributed by atoms with Gasteiger partial charge in [-0.25, -0.2) is 4.98 Å². The van der Waals surface area contributed by atoms with Gasteiger partial charge in [0.1, 0.15) is 12.0 Å². The zero-order chi connectivity index (χ0) is 17.9. The summed E-state index contributed by atoms with van der Waals surface area (Å²) in [6.07, 6.45) is 1.29. The standard InChI is InChI=1S/C21H16N2O3/c24-19-11-4-3-10-17(19)21-23-18(13-26-21)20(25)22-12-15-8-5-7-14-6-1-2-9-16(14)15/h1-11,13,24H,12H2,(H,22,25). The SMILES string of the molecule is O=C(NCc1cccc2ccccc12)c1coc(-c2ccccc2O)n1. The Kier molecular flexibility index (Phi) is 4.11. The summed E-state index contributed by atoms with van der Waals surface area (Å²) < 4.78 is 5.34. The van der Waals surface area contributed by atoms with E-state index in [9.17, 15) is 9.90 Å². The molecule has 0 unspecified atom stereocenters. The van der Waals surface area contributed by atoms with Crippen molar-refractivity contribution in [1.82, 2.24) is 10.3 Å². The van der Waals surface area contributed by atoms with Crippen molar-refractivity contribution in [3.8, 4) is 17.2 Å². The van der Waals surface area contributed by atoms with Gasteiger partial charge in [-0.1, -0.05) is 54.6 Å². The average molecular weight is 344 g/mol. The Morgan fingerprint density at radius 3 is 2.65 bits per heavy atom. The molecule has 1 aromatic heterocycles. The van der Waals surface area contributed by atoms with Crippen molar-refractivity contribution in [3.05, 3.63) is 84.3 Å². The summed E-state index contributed by atoms with van der Waals surface area (Å²) >= 11 is 0. The largest absolute Gasteiger partial charge is 0.507 e. The summed E-state index contributed by atoms with van der Waals surface area (Å²) in [6.45, 7) is 0.388. The monoisotopic (exact) mass is 344 g/mol. The number of phenols is 1. The van der Waals surface area contributed by atoms with Crippen LogP contribution in [0.4, 0.5) is 0 Å². The van der Waals surface area contributed by atoms with E-state index < -0.39 is 0 Å². The van der Waals surface area contributed by atoms with Crippen LogP contribution < -0.4 is 5.32 Å². The van der Waals surface area contributed by atoms with Gasteiger partial charge >= 0.3 is 0 Å². The van der Waals surface area contributed by atoms with Crippen LogP contribution in [-0.4, -0.2) is 16.0 Å². The van der Waals surface area contributed by atoms with Crippen molar-refractivity contribution in [3.63, 3.8) is 0 Å². The van der Waals surface area contributed by atoms with Gasteiger partial charge in [-0.15, -0.1) is 0 Å². The Hall–Kier alpha value is -3.60. The number of hydrogen-bond donors (Lipinski definition) is 2. The maximum Gasteiger partial charge on any atom is 0.273 e. The van der Waals surface area contributed by atoms with Gasteiger partial charge in [0, 0.05) is 6.54 Å². The fraction of sp³-hybridized carbons (Fsp3) is 0.0476. The van der Waals surface area contributed by atoms with E-state index in [0.717, 1.165) is 16.3 Å². The van der Waals surface area contributed by atoms with Crippen molar-refractivity contribution >= 4 is 16.7 Å². The van der Waals surface area contributed by atoms with E-state index in [1.165, 1.54) is 6.26 Å². The first-order chi connectivity index (χ1) is 12.7. The molecule has 0 fully saturated rings. The molecule has 0 spiro atoms. The number of nitrogens with one attached hydrogen (secondary N) is 1. The number of nitrogens with zero attached hydrogens (tertiary/aromatic N) is 1. The fourth-order valence-corrected chi connectivity index (χ4v) is 2.87. The Morgan fingerprint density at radius 1 is 1.00 bits per heavy atom. The van der Waals surface area contributed by atoms with Crippen molar-refractivity contribution in [1.29, 1.82) is 0 Å². The lowest BCUT2D eigenvalue weighted by Gasteiger charge is -2.07. The van der Waals surface area contributed by atoms with Crippen molar-refractivity contribution in [2.45, 2.75) is 6.54 Å². The van der Waals surface area contributed by atoms with E-state index in [4.69, 9.17) is 4.42 Å². The van der Waals surface area contributed by atoms with Gasteiger partial charge in [0.15, 0.2) is 5.69 Å². The summed E-state index contributed by atoms with van der Waals surface area (Å²) in [5.74, 6) is -0.0705. The molecule has 0 aliphatic rings. The van der Waals surface area contributed by atoms with Crippen LogP contribution in [0, 0.1) is 0 Å². The number of hydrogen-bond acceptors (Lipinski definition) is 4. The number of carbonyl (C=O) groups is 1. The van der Waals surface area contributed by atoms with Crippen molar-refractivity contribution in [2.24, 2.45) is 0 Å². The van der Waals surface area contributed by atoms with E-state index in [2.05, 4.69) is 10.3 Å². The lowest BCUT2D eigenvalue weighted by Crippen LogP contribution is -2.23. The maximum absolute atomic E-state index is 12.4. The molecular weight excluding hydrogens is 328 g/mol. The van der Waals surface area contributed by atoms with Crippen LogP contribution in [0.1, 0.15) is 16.1 Å². The number of rotatable bonds is 4. The average Bonchev–Trinajstić information content (AvgIpc) is 3.16. The minimum atomic E-state index is -0.330. The molecule has 4 aromatic rings. The smallest absolute Gasteiger partial charge is 0.273 e. The zero-order valence-corrected chi connectivity index (χ0v) is 13.8. The molecule has 5 heteroatoms. The number of aromatic nitrogens is 1. The molecule has 0 saturated heterocycles. The second kappa shape index (κ2) is 6.72. The molecule has 128 valence electrons. The first-order valence-corrected chi connectivity index (χ1v) is 8.21. The molecule has 3 aromatic carbocycles. The summed E-state index contributed by atoms with van der Waals surface area (Å²) in [6, 6.07) is 20.7. The summed E-state index contributed by atoms with van der Waals surface area (Å²) in [5, 5.41) is 15.0. The third kappa shape index (κ3) is 3.02. The van der Waals surface area contributed by atoms with Crippen LogP contribution in [0.2, 0.25) is 0 Å². The van der Waals surface area contributed by atoms with Gasteiger partial charge in [-0.05, 0) is 28.5 Å². The molecule has 0 aliphatic carbocycles. The zero-order valence-electron chi connectivity index (χ0n) is 13.8. The Morgan fingerprint density at radius 2 is 1.77 bits per heavy atom. The Bertz CT molecular complexity index is 1080. The van der Waals surface area contributed by atoms with Crippen LogP contribution in [0.3, 0.4) is 0 Å². The number of aromatic hydroxyl groups is 1. The molecular formula is C21H16N2O3. The molecule has 0 bridgehead atoms. The quantitative estimate of drug-likeness (QED) is 0.584. The summed E-state index contributed by atoms with van der Waals surface area (Å²) in [4.78, 5) is 16.6. The molecule has 0 radical (unpaired) electrons. The predicted octanol–water partition coefficient (Wildman–Crippen LogP) is 4.13. The lowest BCUT2D eigenvalue weighted by atomic mass is 10.0. The lowest BCUT2D eigenvalue weighted by molar-refractivity contribution is 0.0946. The highest BCUT2D eigenvalue weighted by atomic mass is 16.3. The molecule has 4 rings (SSSR count). The predicted molar refractivity (Wildman–Crippen MR) is 98.7 cm³/mol. The third-order valence-corrected chi connectivity index (χ3v) is 4.19. The number of phenolic OH excluding ortho intramolecular Hbond substituents is 1. The van der Waals surface area contributed by atoms with Gasteiger partial charge in [0.25, 0.3) is 5.91 Å². The maximum atomic E-state index is 12.4. The molecule has 26 heavy (non-hydrogen) atoms. The second-order valence-electron chi connectivity index (χ2n) is 5.88. The van der Waals surface area contributed by atoms with Crippen LogP contribution >= 0.6 is 0 Å². The van der Waals surface area contributed by atoms with E-state index in [-0.39, 0.29) is 23.2 Å².